The van der Waals surface area contributed by atoms with Gasteiger partial charge in [0.1, 0.15) is 0 Å². The number of hydrogen-bond acceptors (Lipinski definition) is 4. The van der Waals surface area contributed by atoms with Crippen LogP contribution in [0.2, 0.25) is 0 Å². The van der Waals surface area contributed by atoms with Crippen molar-refractivity contribution in [2.45, 2.75) is 94.6 Å². The molecule has 1 unspecified atom stereocenters. The van der Waals surface area contributed by atoms with Gasteiger partial charge >= 0.3 is 11.9 Å². The molecule has 0 spiro atoms. The Balaban J connectivity index is 4.01. The number of hydrogen-bond donors (Lipinski definition) is 3. The van der Waals surface area contributed by atoms with Gasteiger partial charge in [0.05, 0.1) is 6.42 Å². The first-order chi connectivity index (χ1) is 12.7. The first-order valence-electron chi connectivity index (χ1n) is 9.70. The molecule has 0 aromatic carbocycles. The molecule has 0 aliphatic heterocycles. The molecule has 8 heteroatoms. The smallest absolute Gasteiger partial charge is 0.328 e. The van der Waals surface area contributed by atoms with Crippen LogP contribution in [0.1, 0.15) is 89.9 Å². The molecule has 0 bridgehead atoms. The van der Waals surface area contributed by atoms with Crippen LogP contribution in [0.25, 0.3) is 0 Å². The fourth-order valence-electron chi connectivity index (χ4n) is 3.14. The van der Waals surface area contributed by atoms with E-state index < -0.39 is 39.6 Å². The van der Waals surface area contributed by atoms with Crippen LogP contribution in [0, 0.1) is 0 Å². The molecule has 0 aromatic rings. The number of aliphatic carboxylic acids is 2. The predicted octanol–water partition coefficient (Wildman–Crippen LogP) is 4.43. The van der Waals surface area contributed by atoms with Crippen LogP contribution in [-0.2, 0) is 19.7 Å². The molecule has 0 rings (SSSR count). The van der Waals surface area contributed by atoms with Crippen LogP contribution in [0.3, 0.4) is 0 Å². The van der Waals surface area contributed by atoms with Gasteiger partial charge in [0.25, 0.3) is 10.1 Å². The number of rotatable bonds is 18. The third-order valence-electron chi connectivity index (χ3n) is 4.81. The maximum absolute atomic E-state index is 11.5. The third-order valence-corrected chi connectivity index (χ3v) is 6.32. The second-order valence-corrected chi connectivity index (χ2v) is 8.79. The van der Waals surface area contributed by atoms with Gasteiger partial charge in [0.2, 0.25) is 4.75 Å². The van der Waals surface area contributed by atoms with Crippen molar-refractivity contribution in [1.82, 2.24) is 0 Å². The van der Waals surface area contributed by atoms with Crippen molar-refractivity contribution >= 4 is 22.1 Å². The maximum atomic E-state index is 11.5. The molecule has 0 heterocycles. The van der Waals surface area contributed by atoms with Gasteiger partial charge < -0.3 is 10.2 Å². The molecule has 1 atom stereocenters. The number of unbranched alkanes of at least 4 members (excludes halogenated alkanes) is 11. The minimum atomic E-state index is -5.02. The summed E-state index contributed by atoms with van der Waals surface area (Å²) in [7, 11) is -5.02. The molecule has 3 N–H and O–H groups in total. The standard InChI is InChI=1S/C19H34O7S/c1-2-3-4-5-6-7-8-9-10-11-12-13-14-15-19(18(22)23,16-17(20)21)27(24,25)26/h2H,1,3-16H2,(H,20,21)(H,22,23)(H,24,25,26). The SMILES string of the molecule is C=CCCCCCCCCCCCCCC(CC(=O)O)(C(=O)O)S(=O)(=O)O. The Morgan fingerprint density at radius 1 is 0.815 bits per heavy atom. The Morgan fingerprint density at radius 3 is 1.56 bits per heavy atom. The highest BCUT2D eigenvalue weighted by Crippen LogP contribution is 2.29. The second kappa shape index (κ2) is 13.7. The Kier molecular flexibility index (Phi) is 13.0. The lowest BCUT2D eigenvalue weighted by atomic mass is 9.96. The molecular weight excluding hydrogens is 372 g/mol. The van der Waals surface area contributed by atoms with Crippen molar-refractivity contribution < 1.29 is 32.8 Å². The van der Waals surface area contributed by atoms with E-state index in [0.29, 0.717) is 6.42 Å². The lowest BCUT2D eigenvalue weighted by molar-refractivity contribution is -0.147. The van der Waals surface area contributed by atoms with Crippen molar-refractivity contribution in [1.29, 1.82) is 0 Å². The van der Waals surface area contributed by atoms with Crippen molar-refractivity contribution in [2.24, 2.45) is 0 Å². The quantitative estimate of drug-likeness (QED) is 0.174. The van der Waals surface area contributed by atoms with E-state index in [0.717, 1.165) is 32.1 Å². The summed E-state index contributed by atoms with van der Waals surface area (Å²) < 4.78 is 29.6. The van der Waals surface area contributed by atoms with E-state index >= 15 is 0 Å². The van der Waals surface area contributed by atoms with Crippen molar-refractivity contribution in [3.8, 4) is 0 Å². The summed E-state index contributed by atoms with van der Waals surface area (Å²) in [5, 5.41) is 18.0. The van der Waals surface area contributed by atoms with E-state index in [1.807, 2.05) is 6.08 Å². The molecule has 7 nitrogen and oxygen atoms in total. The summed E-state index contributed by atoms with van der Waals surface area (Å²) in [6, 6.07) is 0. The molecule has 158 valence electrons. The van der Waals surface area contributed by atoms with Gasteiger partial charge in [0.15, 0.2) is 0 Å². The van der Waals surface area contributed by atoms with Gasteiger partial charge in [-0.05, 0) is 19.3 Å². The van der Waals surface area contributed by atoms with Crippen molar-refractivity contribution in [3.63, 3.8) is 0 Å². The van der Waals surface area contributed by atoms with Crippen LogP contribution < -0.4 is 0 Å². The first kappa shape index (κ1) is 25.6. The second-order valence-electron chi connectivity index (χ2n) is 7.06. The van der Waals surface area contributed by atoms with Crippen molar-refractivity contribution in [3.05, 3.63) is 12.7 Å². The summed E-state index contributed by atoms with van der Waals surface area (Å²) in [5.74, 6) is -3.39. The van der Waals surface area contributed by atoms with Gasteiger partial charge in [0, 0.05) is 0 Å². The molecule has 0 aliphatic rings. The average molecular weight is 407 g/mol. The molecule has 0 saturated carbocycles. The highest BCUT2D eigenvalue weighted by molar-refractivity contribution is 7.88. The van der Waals surface area contributed by atoms with E-state index in [2.05, 4.69) is 6.58 Å². The molecule has 0 saturated heterocycles. The van der Waals surface area contributed by atoms with Crippen LogP contribution in [0.4, 0.5) is 0 Å². The van der Waals surface area contributed by atoms with Gasteiger partial charge in [-0.25, -0.2) is 0 Å². The number of allylic oxidation sites excluding steroid dienone is 1. The normalized spacial score (nSPS) is 13.8. The first-order valence-corrected chi connectivity index (χ1v) is 11.1. The Morgan fingerprint density at radius 2 is 1.22 bits per heavy atom. The minimum absolute atomic E-state index is 0.239. The Labute approximate surface area is 162 Å². The molecule has 0 amide bonds. The summed E-state index contributed by atoms with van der Waals surface area (Å²) in [4.78, 5) is 22.2. The van der Waals surface area contributed by atoms with E-state index in [4.69, 9.17) is 5.11 Å². The maximum Gasteiger partial charge on any atom is 0.328 e. The summed E-state index contributed by atoms with van der Waals surface area (Å²) in [6.45, 7) is 3.70. The summed E-state index contributed by atoms with van der Waals surface area (Å²) in [6.07, 6.45) is 12.4. The van der Waals surface area contributed by atoms with Gasteiger partial charge in [-0.2, -0.15) is 8.42 Å². The zero-order valence-electron chi connectivity index (χ0n) is 16.1. The number of carbonyl (C=O) groups is 2. The third kappa shape index (κ3) is 10.5. The fourth-order valence-corrected chi connectivity index (χ4v) is 4.06. The van der Waals surface area contributed by atoms with E-state index in [9.17, 15) is 27.7 Å². The lowest BCUT2D eigenvalue weighted by Crippen LogP contribution is -2.48. The van der Waals surface area contributed by atoms with E-state index in [1.54, 1.807) is 0 Å². The predicted molar refractivity (Wildman–Crippen MR) is 104 cm³/mol. The Hall–Kier alpha value is -1.41. The van der Waals surface area contributed by atoms with Crippen LogP contribution in [0.5, 0.6) is 0 Å². The zero-order chi connectivity index (χ0) is 20.8. The summed E-state index contributed by atoms with van der Waals surface area (Å²) in [5.41, 5.74) is 0. The number of carboxylic acids is 2. The van der Waals surface area contributed by atoms with Gasteiger partial charge in [-0.15, -0.1) is 6.58 Å². The molecule has 0 aliphatic carbocycles. The topological polar surface area (TPSA) is 129 Å². The minimum Gasteiger partial charge on any atom is -0.481 e. The van der Waals surface area contributed by atoms with Gasteiger partial charge in [-0.1, -0.05) is 70.3 Å². The average Bonchev–Trinajstić information content (AvgIpc) is 2.56. The molecule has 0 radical (unpaired) electrons. The summed E-state index contributed by atoms with van der Waals surface area (Å²) >= 11 is 0. The molecule has 0 fully saturated rings. The zero-order valence-corrected chi connectivity index (χ0v) is 16.9. The van der Waals surface area contributed by atoms with E-state index in [-0.39, 0.29) is 6.42 Å². The van der Waals surface area contributed by atoms with E-state index in [1.165, 1.54) is 32.1 Å². The molecule has 0 aromatic heterocycles. The monoisotopic (exact) mass is 406 g/mol. The van der Waals surface area contributed by atoms with Gasteiger partial charge in [-0.3, -0.25) is 14.1 Å². The molecular formula is C19H34O7S. The van der Waals surface area contributed by atoms with Crippen LogP contribution in [0.15, 0.2) is 12.7 Å². The Bertz CT molecular complexity index is 556. The highest BCUT2D eigenvalue weighted by atomic mass is 32.2. The molecule has 27 heavy (non-hydrogen) atoms. The fraction of sp³-hybridized carbons (Fsp3) is 0.789. The van der Waals surface area contributed by atoms with Crippen LogP contribution in [-0.4, -0.2) is 39.9 Å². The van der Waals surface area contributed by atoms with Crippen molar-refractivity contribution in [2.75, 3.05) is 0 Å². The largest absolute Gasteiger partial charge is 0.481 e. The van der Waals surface area contributed by atoms with Crippen LogP contribution >= 0.6 is 0 Å². The number of carboxylic acid groups (broad SMARTS) is 2. The lowest BCUT2D eigenvalue weighted by Gasteiger charge is -2.24. The highest BCUT2D eigenvalue weighted by Gasteiger charge is 2.51.